The van der Waals surface area contributed by atoms with Gasteiger partial charge in [0.2, 0.25) is 0 Å². The third kappa shape index (κ3) is 5.40. The Morgan fingerprint density at radius 1 is 1.40 bits per heavy atom. The van der Waals surface area contributed by atoms with Crippen molar-refractivity contribution in [1.82, 2.24) is 15.1 Å². The van der Waals surface area contributed by atoms with E-state index in [0.29, 0.717) is 25.0 Å². The van der Waals surface area contributed by atoms with E-state index in [1.165, 1.54) is 0 Å². The van der Waals surface area contributed by atoms with Crippen molar-refractivity contribution in [2.24, 2.45) is 7.05 Å². The predicted molar refractivity (Wildman–Crippen MR) is 81.4 cm³/mol. The number of methoxy groups -OCH3 is 1. The number of nitrogens with one attached hydrogen (secondary N) is 1. The highest BCUT2D eigenvalue weighted by Crippen LogP contribution is 2.20. The molecule has 0 aromatic carbocycles. The van der Waals surface area contributed by atoms with Gasteiger partial charge >= 0.3 is 0 Å². The van der Waals surface area contributed by atoms with E-state index in [1.807, 2.05) is 14.0 Å². The zero-order valence-electron chi connectivity index (χ0n) is 12.9. The van der Waals surface area contributed by atoms with Gasteiger partial charge in [0.1, 0.15) is 5.15 Å². The van der Waals surface area contributed by atoms with Crippen LogP contribution in [-0.4, -0.2) is 49.3 Å². The minimum Gasteiger partial charge on any atom is -0.382 e. The summed E-state index contributed by atoms with van der Waals surface area (Å²) >= 11 is 6.29. The molecule has 0 amide bonds. The summed E-state index contributed by atoms with van der Waals surface area (Å²) in [6.45, 7) is 6.99. The van der Waals surface area contributed by atoms with Crippen LogP contribution in [0.4, 0.5) is 0 Å². The smallest absolute Gasteiger partial charge is 0.130 e. The van der Waals surface area contributed by atoms with Gasteiger partial charge in [0, 0.05) is 25.8 Å². The van der Waals surface area contributed by atoms with Crippen LogP contribution in [0, 0.1) is 6.92 Å². The average Bonchev–Trinajstić information content (AvgIpc) is 2.66. The molecule has 0 radical (unpaired) electrons. The van der Waals surface area contributed by atoms with Gasteiger partial charge in [-0.15, -0.1) is 0 Å². The Hall–Kier alpha value is -0.620. The third-order valence-corrected chi connectivity index (χ3v) is 3.63. The molecule has 1 N–H and O–H groups in total. The highest BCUT2D eigenvalue weighted by Gasteiger charge is 2.17. The highest BCUT2D eigenvalue weighted by molar-refractivity contribution is 6.30. The second-order valence-electron chi connectivity index (χ2n) is 4.90. The first-order valence-corrected chi connectivity index (χ1v) is 7.46. The van der Waals surface area contributed by atoms with E-state index in [-0.39, 0.29) is 6.04 Å². The van der Waals surface area contributed by atoms with Crippen molar-refractivity contribution in [3.63, 3.8) is 0 Å². The second kappa shape index (κ2) is 9.34. The normalized spacial score (nSPS) is 12.8. The summed E-state index contributed by atoms with van der Waals surface area (Å²) in [5.74, 6) is 0. The fourth-order valence-corrected chi connectivity index (χ4v) is 2.31. The topological polar surface area (TPSA) is 48.3 Å². The Bertz CT molecular complexity index is 396. The fraction of sp³-hybridized carbons (Fsp3) is 0.786. The Morgan fingerprint density at radius 2 is 2.15 bits per heavy atom. The van der Waals surface area contributed by atoms with Gasteiger partial charge in [-0.3, -0.25) is 4.68 Å². The van der Waals surface area contributed by atoms with E-state index in [0.717, 1.165) is 30.6 Å². The molecule has 1 aromatic rings. The van der Waals surface area contributed by atoms with E-state index in [4.69, 9.17) is 21.1 Å². The van der Waals surface area contributed by atoms with Gasteiger partial charge in [-0.25, -0.2) is 0 Å². The van der Waals surface area contributed by atoms with E-state index in [1.54, 1.807) is 11.8 Å². The van der Waals surface area contributed by atoms with E-state index in [2.05, 4.69) is 17.3 Å². The van der Waals surface area contributed by atoms with Crippen LogP contribution in [0.15, 0.2) is 0 Å². The molecule has 1 aromatic heterocycles. The van der Waals surface area contributed by atoms with Gasteiger partial charge in [-0.1, -0.05) is 18.5 Å². The SMILES string of the molecule is CCCNC(COCCOC)Cc1c(C)nn(C)c1Cl. The van der Waals surface area contributed by atoms with Crippen LogP contribution in [-0.2, 0) is 22.9 Å². The molecule has 6 heteroatoms. The second-order valence-corrected chi connectivity index (χ2v) is 5.26. The maximum absolute atomic E-state index is 6.29. The summed E-state index contributed by atoms with van der Waals surface area (Å²) in [4.78, 5) is 0. The van der Waals surface area contributed by atoms with Crippen molar-refractivity contribution in [3.8, 4) is 0 Å². The maximum Gasteiger partial charge on any atom is 0.130 e. The summed E-state index contributed by atoms with van der Waals surface area (Å²) in [5, 5.41) is 8.56. The fourth-order valence-electron chi connectivity index (χ4n) is 2.06. The lowest BCUT2D eigenvalue weighted by Crippen LogP contribution is -2.36. The minimum absolute atomic E-state index is 0.243. The van der Waals surface area contributed by atoms with Crippen LogP contribution in [0.1, 0.15) is 24.6 Å². The zero-order chi connectivity index (χ0) is 15.0. The molecule has 0 fully saturated rings. The molecule has 0 saturated heterocycles. The zero-order valence-corrected chi connectivity index (χ0v) is 13.7. The minimum atomic E-state index is 0.243. The number of ether oxygens (including phenoxy) is 2. The molecule has 1 heterocycles. The molecule has 0 saturated carbocycles. The number of aryl methyl sites for hydroxylation is 2. The summed E-state index contributed by atoms with van der Waals surface area (Å²) in [5.41, 5.74) is 2.08. The lowest BCUT2D eigenvalue weighted by molar-refractivity contribution is 0.0587. The molecule has 0 aliphatic rings. The maximum atomic E-state index is 6.29. The summed E-state index contributed by atoms with van der Waals surface area (Å²) in [6.07, 6.45) is 1.92. The summed E-state index contributed by atoms with van der Waals surface area (Å²) in [7, 11) is 3.54. The lowest BCUT2D eigenvalue weighted by Gasteiger charge is -2.18. The molecule has 0 aliphatic carbocycles. The van der Waals surface area contributed by atoms with Gasteiger partial charge in [-0.05, 0) is 26.3 Å². The number of halogens is 1. The molecular weight excluding hydrogens is 278 g/mol. The van der Waals surface area contributed by atoms with Crippen LogP contribution < -0.4 is 5.32 Å². The van der Waals surface area contributed by atoms with E-state index < -0.39 is 0 Å². The van der Waals surface area contributed by atoms with E-state index in [9.17, 15) is 0 Å². The number of aromatic nitrogens is 2. The monoisotopic (exact) mass is 303 g/mol. The first kappa shape index (κ1) is 17.4. The molecule has 0 aliphatic heterocycles. The van der Waals surface area contributed by atoms with Crippen molar-refractivity contribution >= 4 is 11.6 Å². The van der Waals surface area contributed by atoms with Crippen molar-refractivity contribution < 1.29 is 9.47 Å². The highest BCUT2D eigenvalue weighted by atomic mass is 35.5. The largest absolute Gasteiger partial charge is 0.382 e. The molecule has 1 atom stereocenters. The Morgan fingerprint density at radius 3 is 2.70 bits per heavy atom. The van der Waals surface area contributed by atoms with Gasteiger partial charge in [0.25, 0.3) is 0 Å². The summed E-state index contributed by atoms with van der Waals surface area (Å²) < 4.78 is 12.3. The van der Waals surface area contributed by atoms with Gasteiger partial charge < -0.3 is 14.8 Å². The Labute approximate surface area is 126 Å². The third-order valence-electron chi connectivity index (χ3n) is 3.15. The van der Waals surface area contributed by atoms with Crippen molar-refractivity contribution in [1.29, 1.82) is 0 Å². The standard InChI is InChI=1S/C14H26ClN3O2/c1-5-6-16-12(10-20-8-7-19-4)9-13-11(2)17-18(3)14(13)15/h12,16H,5-10H2,1-4H3. The summed E-state index contributed by atoms with van der Waals surface area (Å²) in [6, 6.07) is 0.243. The predicted octanol–water partition coefficient (Wildman–Crippen LogP) is 1.96. The van der Waals surface area contributed by atoms with Crippen LogP contribution in [0.2, 0.25) is 5.15 Å². The Balaban J connectivity index is 2.58. The molecule has 20 heavy (non-hydrogen) atoms. The van der Waals surface area contributed by atoms with Gasteiger partial charge in [-0.2, -0.15) is 5.10 Å². The molecule has 1 unspecified atom stereocenters. The van der Waals surface area contributed by atoms with Gasteiger partial charge in [0.05, 0.1) is 25.5 Å². The number of rotatable bonds is 10. The Kier molecular flexibility index (Phi) is 8.14. The van der Waals surface area contributed by atoms with Crippen molar-refractivity contribution in [2.45, 2.75) is 32.7 Å². The number of nitrogens with zero attached hydrogens (tertiary/aromatic N) is 2. The van der Waals surface area contributed by atoms with Crippen LogP contribution in [0.25, 0.3) is 0 Å². The van der Waals surface area contributed by atoms with Crippen LogP contribution >= 0.6 is 11.6 Å². The number of hydrogen-bond donors (Lipinski definition) is 1. The lowest BCUT2D eigenvalue weighted by atomic mass is 10.1. The van der Waals surface area contributed by atoms with Crippen molar-refractivity contribution in [2.75, 3.05) is 33.5 Å². The van der Waals surface area contributed by atoms with Crippen LogP contribution in [0.5, 0.6) is 0 Å². The van der Waals surface area contributed by atoms with Gasteiger partial charge in [0.15, 0.2) is 0 Å². The number of hydrogen-bond acceptors (Lipinski definition) is 4. The molecule has 5 nitrogen and oxygen atoms in total. The first-order valence-electron chi connectivity index (χ1n) is 7.08. The molecule has 1 rings (SSSR count). The van der Waals surface area contributed by atoms with Crippen LogP contribution in [0.3, 0.4) is 0 Å². The molecular formula is C14H26ClN3O2. The average molecular weight is 304 g/mol. The van der Waals surface area contributed by atoms with Crippen molar-refractivity contribution in [3.05, 3.63) is 16.4 Å². The first-order chi connectivity index (χ1) is 9.60. The molecule has 116 valence electrons. The van der Waals surface area contributed by atoms with E-state index >= 15 is 0 Å². The molecule has 0 bridgehead atoms. The molecule has 0 spiro atoms. The quantitative estimate of drug-likeness (QED) is 0.671.